The van der Waals surface area contributed by atoms with Crippen LogP contribution < -0.4 is 0 Å². The van der Waals surface area contributed by atoms with E-state index in [4.69, 9.17) is 10.7 Å². The van der Waals surface area contributed by atoms with Crippen LogP contribution in [0, 0.1) is 0 Å². The van der Waals surface area contributed by atoms with E-state index >= 15 is 0 Å². The molecule has 0 aliphatic rings. The number of sulfone groups is 1. The molecule has 8 heteroatoms. The Hall–Kier alpha value is -0.110. The summed E-state index contributed by atoms with van der Waals surface area (Å²) in [6, 6.07) is 4.20. The molecule has 0 aromatic heterocycles. The van der Waals surface area contributed by atoms with Crippen molar-refractivity contribution in [2.45, 2.75) is 10.6 Å². The number of hydrogen-bond donors (Lipinski definition) is 0. The van der Waals surface area contributed by atoms with Crippen LogP contribution in [0.3, 0.4) is 0 Å². The summed E-state index contributed by atoms with van der Waals surface area (Å²) in [6.45, 7) is 0. The molecule has 0 amide bonds. The average Bonchev–Trinajstić information content (AvgIpc) is 1.97. The minimum absolute atomic E-state index is 0.0530. The molecule has 0 bridgehead atoms. The van der Waals surface area contributed by atoms with Crippen LogP contribution >= 0.6 is 26.6 Å². The topological polar surface area (TPSA) is 68.3 Å². The van der Waals surface area contributed by atoms with E-state index < -0.39 is 24.6 Å². The minimum atomic E-state index is -3.70. The Bertz CT molecular complexity index is 607. The van der Waals surface area contributed by atoms with E-state index in [1.165, 1.54) is 18.2 Å². The third-order valence-electron chi connectivity index (χ3n) is 1.70. The van der Waals surface area contributed by atoms with Crippen molar-refractivity contribution in [1.29, 1.82) is 0 Å². The van der Waals surface area contributed by atoms with Gasteiger partial charge in [0.2, 0.25) is 9.05 Å². The third-order valence-corrected chi connectivity index (χ3v) is 4.25. The van der Waals surface area contributed by atoms with Gasteiger partial charge >= 0.3 is 0 Å². The molecular formula is C8H8BrClO4S2. The van der Waals surface area contributed by atoms with Crippen molar-refractivity contribution in [2.75, 3.05) is 6.26 Å². The number of benzene rings is 1. The Balaban J connectivity index is 3.30. The highest BCUT2D eigenvalue weighted by molar-refractivity contribution is 9.10. The van der Waals surface area contributed by atoms with Crippen LogP contribution in [0.15, 0.2) is 27.6 Å². The summed E-state index contributed by atoms with van der Waals surface area (Å²) in [5, 5.41) is 0. The lowest BCUT2D eigenvalue weighted by Crippen LogP contribution is -2.01. The van der Waals surface area contributed by atoms with Gasteiger partial charge in [0.1, 0.15) is 0 Å². The van der Waals surface area contributed by atoms with Gasteiger partial charge in [-0.1, -0.05) is 15.9 Å². The molecule has 90 valence electrons. The van der Waals surface area contributed by atoms with E-state index in [1.54, 1.807) is 0 Å². The highest BCUT2D eigenvalue weighted by Gasteiger charge is 2.13. The second kappa shape index (κ2) is 4.64. The largest absolute Gasteiger partial charge is 0.236 e. The second-order valence-electron chi connectivity index (χ2n) is 3.25. The van der Waals surface area contributed by atoms with E-state index in [2.05, 4.69) is 15.9 Å². The summed E-state index contributed by atoms with van der Waals surface area (Å²) < 4.78 is 44.8. The van der Waals surface area contributed by atoms with E-state index in [1.807, 2.05) is 0 Å². The zero-order chi connectivity index (χ0) is 12.6. The summed E-state index contributed by atoms with van der Waals surface area (Å²) in [7, 11) is -1.98. The van der Waals surface area contributed by atoms with Crippen LogP contribution in [0.25, 0.3) is 0 Å². The van der Waals surface area contributed by atoms with Crippen molar-refractivity contribution < 1.29 is 16.8 Å². The van der Waals surface area contributed by atoms with E-state index in [0.29, 0.717) is 10.0 Å². The molecule has 4 nitrogen and oxygen atoms in total. The summed E-state index contributed by atoms with van der Waals surface area (Å²) in [5.74, 6) is -0.406. The number of hydrogen-bond acceptors (Lipinski definition) is 4. The monoisotopic (exact) mass is 346 g/mol. The first-order chi connectivity index (χ1) is 7.08. The normalized spacial score (nSPS) is 12.7. The number of rotatable bonds is 3. The van der Waals surface area contributed by atoms with Gasteiger partial charge in [0, 0.05) is 21.4 Å². The zero-order valence-electron chi connectivity index (χ0n) is 8.14. The van der Waals surface area contributed by atoms with Crippen LogP contribution in [0.2, 0.25) is 0 Å². The van der Waals surface area contributed by atoms with Crippen molar-refractivity contribution >= 4 is 45.5 Å². The molecule has 0 heterocycles. The van der Waals surface area contributed by atoms with Gasteiger partial charge in [-0.2, -0.15) is 0 Å². The maximum atomic E-state index is 11.3. The first-order valence-electron chi connectivity index (χ1n) is 4.00. The van der Waals surface area contributed by atoms with Crippen molar-refractivity contribution in [2.24, 2.45) is 0 Å². The Morgan fingerprint density at radius 3 is 2.19 bits per heavy atom. The van der Waals surface area contributed by atoms with Crippen molar-refractivity contribution in [3.8, 4) is 0 Å². The van der Waals surface area contributed by atoms with Crippen LogP contribution in [-0.2, 0) is 24.6 Å². The fourth-order valence-corrected chi connectivity index (χ4v) is 3.46. The fraction of sp³-hybridized carbons (Fsp3) is 0.250. The summed E-state index contributed by atoms with van der Waals surface area (Å²) in [5.41, 5.74) is 0.324. The quantitative estimate of drug-likeness (QED) is 0.783. The Kier molecular flexibility index (Phi) is 4.04. The zero-order valence-corrected chi connectivity index (χ0v) is 12.1. The summed E-state index contributed by atoms with van der Waals surface area (Å²) in [4.78, 5) is 0.0530. The minimum Gasteiger partial charge on any atom is -0.224 e. The predicted octanol–water partition coefficient (Wildman–Crippen LogP) is 1.92. The van der Waals surface area contributed by atoms with Gasteiger partial charge in [-0.05, 0) is 23.8 Å². The Labute approximate surface area is 107 Å². The lowest BCUT2D eigenvalue weighted by Gasteiger charge is -2.03. The van der Waals surface area contributed by atoms with Gasteiger partial charge in [-0.3, -0.25) is 0 Å². The molecule has 0 aliphatic carbocycles. The third kappa shape index (κ3) is 4.40. The molecule has 16 heavy (non-hydrogen) atoms. The van der Waals surface area contributed by atoms with E-state index in [-0.39, 0.29) is 4.90 Å². The van der Waals surface area contributed by atoms with Crippen molar-refractivity contribution in [3.05, 3.63) is 28.2 Å². The van der Waals surface area contributed by atoms with Crippen molar-refractivity contribution in [1.82, 2.24) is 0 Å². The summed E-state index contributed by atoms with van der Waals surface area (Å²) >= 11 is 3.11. The molecule has 0 unspecified atom stereocenters. The maximum absolute atomic E-state index is 11.3. The molecular weight excluding hydrogens is 340 g/mol. The molecule has 0 saturated heterocycles. The molecule has 0 radical (unpaired) electrons. The highest BCUT2D eigenvalue weighted by atomic mass is 79.9. The average molecular weight is 348 g/mol. The van der Waals surface area contributed by atoms with E-state index in [9.17, 15) is 16.8 Å². The van der Waals surface area contributed by atoms with Gasteiger partial charge in [0.15, 0.2) is 9.84 Å². The fourth-order valence-electron chi connectivity index (χ4n) is 1.12. The molecule has 0 saturated carbocycles. The highest BCUT2D eigenvalue weighted by Crippen LogP contribution is 2.21. The van der Waals surface area contributed by atoms with Gasteiger partial charge in [0.25, 0.3) is 0 Å². The van der Waals surface area contributed by atoms with Crippen LogP contribution in [0.5, 0.6) is 0 Å². The lowest BCUT2D eigenvalue weighted by atomic mass is 10.2. The standard InChI is InChI=1S/C8H8BrClO4S2/c1-15(11,12)8-3-6(2-7(9)4-8)5-16(10,13)14/h2-4H,5H2,1H3. The first-order valence-corrected chi connectivity index (χ1v) is 9.16. The predicted molar refractivity (Wildman–Crippen MR) is 65.7 cm³/mol. The molecule has 0 N–H and O–H groups in total. The van der Waals surface area contributed by atoms with Crippen LogP contribution in [-0.4, -0.2) is 23.1 Å². The van der Waals surface area contributed by atoms with Gasteiger partial charge < -0.3 is 0 Å². The molecule has 1 aromatic carbocycles. The number of halogens is 2. The second-order valence-corrected chi connectivity index (χ2v) is 8.96. The maximum Gasteiger partial charge on any atom is 0.236 e. The van der Waals surface area contributed by atoms with Crippen molar-refractivity contribution in [3.63, 3.8) is 0 Å². The molecule has 1 aromatic rings. The van der Waals surface area contributed by atoms with Crippen LogP contribution in [0.1, 0.15) is 5.56 Å². The smallest absolute Gasteiger partial charge is 0.224 e. The van der Waals surface area contributed by atoms with Gasteiger partial charge in [-0.15, -0.1) is 0 Å². The first kappa shape index (κ1) is 14.0. The SMILES string of the molecule is CS(=O)(=O)c1cc(Br)cc(CS(=O)(=O)Cl)c1. The molecule has 0 fully saturated rings. The lowest BCUT2D eigenvalue weighted by molar-refractivity contribution is 0.600. The Morgan fingerprint density at radius 1 is 1.19 bits per heavy atom. The van der Waals surface area contributed by atoms with E-state index in [0.717, 1.165) is 6.26 Å². The molecule has 0 aliphatic heterocycles. The van der Waals surface area contributed by atoms with Crippen LogP contribution in [0.4, 0.5) is 0 Å². The molecule has 0 atom stereocenters. The van der Waals surface area contributed by atoms with Gasteiger partial charge in [0.05, 0.1) is 10.6 Å². The molecule has 1 rings (SSSR count). The molecule has 0 spiro atoms. The Morgan fingerprint density at radius 2 is 1.75 bits per heavy atom. The summed E-state index contributed by atoms with van der Waals surface area (Å²) in [6.07, 6.45) is 1.05. The van der Waals surface area contributed by atoms with Gasteiger partial charge in [-0.25, -0.2) is 16.8 Å².